The van der Waals surface area contributed by atoms with Gasteiger partial charge in [-0.1, -0.05) is 12.1 Å². The van der Waals surface area contributed by atoms with Gasteiger partial charge in [0.05, 0.1) is 48.2 Å². The van der Waals surface area contributed by atoms with E-state index >= 15 is 0 Å². The van der Waals surface area contributed by atoms with Crippen LogP contribution >= 0.6 is 11.3 Å². The predicted octanol–water partition coefficient (Wildman–Crippen LogP) is 3.73. The second-order valence-electron chi connectivity index (χ2n) is 6.39. The van der Waals surface area contributed by atoms with Crippen molar-refractivity contribution in [3.05, 3.63) is 53.7 Å². The maximum atomic E-state index is 12.8. The van der Waals surface area contributed by atoms with Gasteiger partial charge in [-0.2, -0.15) is 0 Å². The van der Waals surface area contributed by atoms with Gasteiger partial charge in [0.1, 0.15) is 11.5 Å². The first kappa shape index (κ1) is 22.6. The standard InChI is InChI=1S/C21H22N2O6S2/c1-27-15-6-9-17(18(12-15)28-2)23-31(25,26)16-7-4-14(5-8-16)19-13-22-20(30-19)10-11-21(24)29-3/h4-9,12-13,23H,10-11H2,1-3H3. The fourth-order valence-corrected chi connectivity index (χ4v) is 4.75. The van der Waals surface area contributed by atoms with E-state index in [-0.39, 0.29) is 17.3 Å². The van der Waals surface area contributed by atoms with E-state index in [0.717, 1.165) is 15.4 Å². The van der Waals surface area contributed by atoms with Crippen LogP contribution in [0.4, 0.5) is 5.69 Å². The van der Waals surface area contributed by atoms with E-state index in [1.54, 1.807) is 36.5 Å². The van der Waals surface area contributed by atoms with Crippen LogP contribution in [0.15, 0.2) is 53.6 Å². The molecule has 0 amide bonds. The molecule has 0 fully saturated rings. The number of anilines is 1. The molecule has 0 bridgehead atoms. The largest absolute Gasteiger partial charge is 0.497 e. The second-order valence-corrected chi connectivity index (χ2v) is 9.19. The number of rotatable bonds is 9. The number of nitrogens with zero attached hydrogens (tertiary/aromatic N) is 1. The van der Waals surface area contributed by atoms with E-state index in [4.69, 9.17) is 9.47 Å². The molecule has 1 N–H and O–H groups in total. The number of methoxy groups -OCH3 is 3. The van der Waals surface area contributed by atoms with Crippen molar-refractivity contribution in [2.75, 3.05) is 26.1 Å². The zero-order valence-corrected chi connectivity index (χ0v) is 18.9. The molecule has 3 rings (SSSR count). The Bertz CT molecular complexity index is 1160. The lowest BCUT2D eigenvalue weighted by molar-refractivity contribution is -0.140. The molecule has 1 heterocycles. The normalized spacial score (nSPS) is 11.1. The highest BCUT2D eigenvalue weighted by Gasteiger charge is 2.17. The summed E-state index contributed by atoms with van der Waals surface area (Å²) in [6.07, 6.45) is 2.47. The van der Waals surface area contributed by atoms with E-state index in [0.29, 0.717) is 23.6 Å². The molecule has 3 aromatic rings. The lowest BCUT2D eigenvalue weighted by Gasteiger charge is -2.13. The van der Waals surface area contributed by atoms with Gasteiger partial charge in [-0.05, 0) is 29.8 Å². The van der Waals surface area contributed by atoms with Crippen LogP contribution in [0.2, 0.25) is 0 Å². The van der Waals surface area contributed by atoms with Gasteiger partial charge in [0.2, 0.25) is 0 Å². The van der Waals surface area contributed by atoms with Crippen LogP contribution < -0.4 is 14.2 Å². The average Bonchev–Trinajstić information content (AvgIpc) is 3.26. The molecule has 0 aliphatic rings. The van der Waals surface area contributed by atoms with Gasteiger partial charge in [0, 0.05) is 18.7 Å². The maximum absolute atomic E-state index is 12.8. The molecule has 0 spiro atoms. The van der Waals surface area contributed by atoms with Gasteiger partial charge in [0.25, 0.3) is 10.0 Å². The summed E-state index contributed by atoms with van der Waals surface area (Å²) in [7, 11) is 0.511. The Morgan fingerprint density at radius 2 is 1.81 bits per heavy atom. The van der Waals surface area contributed by atoms with Crippen molar-refractivity contribution in [2.24, 2.45) is 0 Å². The third kappa shape index (κ3) is 5.53. The van der Waals surface area contributed by atoms with Crippen LogP contribution in [0.5, 0.6) is 11.5 Å². The number of sulfonamides is 1. The Hall–Kier alpha value is -3.11. The van der Waals surface area contributed by atoms with Crippen molar-refractivity contribution in [2.45, 2.75) is 17.7 Å². The fourth-order valence-electron chi connectivity index (χ4n) is 2.76. The number of aromatic nitrogens is 1. The minimum absolute atomic E-state index is 0.115. The highest BCUT2D eigenvalue weighted by molar-refractivity contribution is 7.92. The topological polar surface area (TPSA) is 104 Å². The average molecular weight is 463 g/mol. The minimum atomic E-state index is -3.81. The molecule has 0 aliphatic carbocycles. The minimum Gasteiger partial charge on any atom is -0.497 e. The Kier molecular flexibility index (Phi) is 7.13. The molecule has 0 saturated carbocycles. The number of hydrogen-bond acceptors (Lipinski definition) is 8. The summed E-state index contributed by atoms with van der Waals surface area (Å²) >= 11 is 1.45. The van der Waals surface area contributed by atoms with E-state index in [1.165, 1.54) is 44.8 Å². The Labute approximate surface area is 184 Å². The Morgan fingerprint density at radius 3 is 2.45 bits per heavy atom. The lowest BCUT2D eigenvalue weighted by atomic mass is 10.2. The summed E-state index contributed by atoms with van der Waals surface area (Å²) in [4.78, 5) is 16.6. The van der Waals surface area contributed by atoms with Gasteiger partial charge in [-0.25, -0.2) is 13.4 Å². The van der Waals surface area contributed by atoms with Crippen LogP contribution in [0.25, 0.3) is 10.4 Å². The van der Waals surface area contributed by atoms with E-state index < -0.39 is 10.0 Å². The van der Waals surface area contributed by atoms with Crippen molar-refractivity contribution in [1.29, 1.82) is 0 Å². The highest BCUT2D eigenvalue weighted by Crippen LogP contribution is 2.32. The number of ether oxygens (including phenoxy) is 3. The summed E-state index contributed by atoms with van der Waals surface area (Å²) in [5, 5.41) is 0.811. The molecule has 8 nitrogen and oxygen atoms in total. The number of carbonyl (C=O) groups is 1. The van der Waals surface area contributed by atoms with Crippen molar-refractivity contribution in [3.8, 4) is 21.9 Å². The zero-order valence-electron chi connectivity index (χ0n) is 17.2. The second kappa shape index (κ2) is 9.80. The zero-order chi connectivity index (χ0) is 22.4. The van der Waals surface area contributed by atoms with Gasteiger partial charge >= 0.3 is 5.97 Å². The molecule has 0 aliphatic heterocycles. The number of benzene rings is 2. The number of nitrogens with one attached hydrogen (secondary N) is 1. The molecular formula is C21H22N2O6S2. The van der Waals surface area contributed by atoms with Crippen molar-refractivity contribution in [3.63, 3.8) is 0 Å². The van der Waals surface area contributed by atoms with Crippen LogP contribution in [0, 0.1) is 0 Å². The number of aryl methyl sites for hydroxylation is 1. The Balaban J connectivity index is 1.75. The van der Waals surface area contributed by atoms with Gasteiger partial charge in [-0.15, -0.1) is 11.3 Å². The monoisotopic (exact) mass is 462 g/mol. The molecule has 0 radical (unpaired) electrons. The smallest absolute Gasteiger partial charge is 0.305 e. The molecule has 0 atom stereocenters. The molecule has 1 aromatic heterocycles. The van der Waals surface area contributed by atoms with E-state index in [9.17, 15) is 13.2 Å². The molecule has 0 saturated heterocycles. The Morgan fingerprint density at radius 1 is 1.06 bits per heavy atom. The number of hydrogen-bond donors (Lipinski definition) is 1. The van der Waals surface area contributed by atoms with Gasteiger partial charge in [-0.3, -0.25) is 9.52 Å². The summed E-state index contributed by atoms with van der Waals surface area (Å²) < 4.78 is 43.2. The van der Waals surface area contributed by atoms with Crippen molar-refractivity contribution < 1.29 is 27.4 Å². The molecule has 2 aromatic carbocycles. The first-order valence-electron chi connectivity index (χ1n) is 9.23. The quantitative estimate of drug-likeness (QED) is 0.483. The lowest BCUT2D eigenvalue weighted by Crippen LogP contribution is -2.13. The van der Waals surface area contributed by atoms with Gasteiger partial charge < -0.3 is 14.2 Å². The summed E-state index contributed by atoms with van der Waals surface area (Å²) in [5.41, 5.74) is 1.15. The molecule has 31 heavy (non-hydrogen) atoms. The van der Waals surface area contributed by atoms with Crippen molar-refractivity contribution >= 4 is 33.0 Å². The van der Waals surface area contributed by atoms with Crippen LogP contribution in [-0.4, -0.2) is 40.7 Å². The molecule has 10 heteroatoms. The van der Waals surface area contributed by atoms with Crippen molar-refractivity contribution in [1.82, 2.24) is 4.98 Å². The molecule has 164 valence electrons. The first-order valence-corrected chi connectivity index (χ1v) is 11.5. The predicted molar refractivity (Wildman–Crippen MR) is 118 cm³/mol. The summed E-state index contributed by atoms with van der Waals surface area (Å²) in [5.74, 6) is 0.621. The van der Waals surface area contributed by atoms with E-state index in [2.05, 4.69) is 14.4 Å². The third-order valence-corrected chi connectivity index (χ3v) is 6.91. The van der Waals surface area contributed by atoms with Gasteiger partial charge in [0.15, 0.2) is 0 Å². The summed E-state index contributed by atoms with van der Waals surface area (Å²) in [6.45, 7) is 0. The third-order valence-electron chi connectivity index (χ3n) is 4.43. The van der Waals surface area contributed by atoms with Crippen LogP contribution in [-0.2, 0) is 26.0 Å². The maximum Gasteiger partial charge on any atom is 0.305 e. The number of esters is 1. The van der Waals surface area contributed by atoms with Crippen LogP contribution in [0.3, 0.4) is 0 Å². The highest BCUT2D eigenvalue weighted by atomic mass is 32.2. The first-order chi connectivity index (χ1) is 14.9. The fraction of sp³-hybridized carbons (Fsp3) is 0.238. The molecule has 0 unspecified atom stereocenters. The van der Waals surface area contributed by atoms with E-state index in [1.807, 2.05) is 0 Å². The molecular weight excluding hydrogens is 440 g/mol. The SMILES string of the molecule is COC(=O)CCc1ncc(-c2ccc(S(=O)(=O)Nc3ccc(OC)cc3OC)cc2)s1. The number of thiazole rings is 1. The van der Waals surface area contributed by atoms with Crippen LogP contribution in [0.1, 0.15) is 11.4 Å². The summed E-state index contributed by atoms with van der Waals surface area (Å²) in [6, 6.07) is 11.3. The number of carbonyl (C=O) groups excluding carboxylic acids is 1.